The highest BCUT2D eigenvalue weighted by atomic mass is 32.1. The number of aromatic nitrogens is 2. The van der Waals surface area contributed by atoms with Crippen LogP contribution in [0.2, 0.25) is 0 Å². The molecule has 1 aliphatic rings. The van der Waals surface area contributed by atoms with Crippen molar-refractivity contribution in [2.75, 3.05) is 0 Å². The minimum absolute atomic E-state index is 0.203. The zero-order valence-electron chi connectivity index (χ0n) is 9.74. The van der Waals surface area contributed by atoms with E-state index in [0.717, 1.165) is 17.5 Å². The summed E-state index contributed by atoms with van der Waals surface area (Å²) in [6, 6.07) is 5.22. The minimum atomic E-state index is -0.203. The third-order valence-electron chi connectivity index (χ3n) is 3.83. The molecule has 3 rings (SSSR count). The van der Waals surface area contributed by atoms with Gasteiger partial charge in [-0.25, -0.2) is 4.39 Å². The Bertz CT molecular complexity index is 613. The van der Waals surface area contributed by atoms with Crippen LogP contribution in [0, 0.1) is 16.5 Å². The Morgan fingerprint density at radius 3 is 2.94 bits per heavy atom. The average molecular weight is 250 g/mol. The Labute approximate surface area is 104 Å². The summed E-state index contributed by atoms with van der Waals surface area (Å²) >= 11 is 5.37. The standard InChI is InChI=1S/C13H15FN2S/c1-8-3-2-4-11(8)16-12-7-9(14)5-6-10(12)15-13(16)17/h5-8,11H,2-4H2,1H3,(H,15,17). The molecule has 0 spiro atoms. The molecule has 0 radical (unpaired) electrons. The normalized spacial score (nSPS) is 24.6. The second-order valence-electron chi connectivity index (χ2n) is 4.94. The van der Waals surface area contributed by atoms with E-state index < -0.39 is 0 Å². The van der Waals surface area contributed by atoms with Crippen molar-refractivity contribution < 1.29 is 4.39 Å². The number of benzene rings is 1. The molecule has 1 aromatic carbocycles. The molecule has 0 bridgehead atoms. The molecule has 2 aromatic rings. The summed E-state index contributed by atoms with van der Waals surface area (Å²) in [5, 5.41) is 0. The Balaban J connectivity index is 2.24. The van der Waals surface area contributed by atoms with Gasteiger partial charge in [0.1, 0.15) is 5.82 Å². The number of fused-ring (bicyclic) bond motifs is 1. The molecule has 1 aliphatic carbocycles. The van der Waals surface area contributed by atoms with Gasteiger partial charge in [0, 0.05) is 6.04 Å². The smallest absolute Gasteiger partial charge is 0.178 e. The van der Waals surface area contributed by atoms with Gasteiger partial charge in [-0.15, -0.1) is 0 Å². The lowest BCUT2D eigenvalue weighted by Crippen LogP contribution is -2.11. The molecule has 4 heteroatoms. The molecular formula is C13H15FN2S. The highest BCUT2D eigenvalue weighted by Crippen LogP contribution is 2.37. The maximum atomic E-state index is 13.3. The van der Waals surface area contributed by atoms with Crippen molar-refractivity contribution in [2.45, 2.75) is 32.2 Å². The fourth-order valence-corrected chi connectivity index (χ4v) is 3.28. The number of H-pyrrole nitrogens is 1. The van der Waals surface area contributed by atoms with Crippen LogP contribution in [-0.4, -0.2) is 9.55 Å². The molecule has 1 N–H and O–H groups in total. The predicted octanol–water partition coefficient (Wildman–Crippen LogP) is 4.20. The number of imidazole rings is 1. The molecule has 0 amide bonds. The summed E-state index contributed by atoms with van der Waals surface area (Å²) in [5.74, 6) is 0.412. The highest BCUT2D eigenvalue weighted by Gasteiger charge is 2.26. The number of nitrogens with zero attached hydrogens (tertiary/aromatic N) is 1. The van der Waals surface area contributed by atoms with Crippen LogP contribution in [0.1, 0.15) is 32.2 Å². The Hall–Kier alpha value is -1.16. The molecule has 17 heavy (non-hydrogen) atoms. The average Bonchev–Trinajstić information content (AvgIpc) is 2.81. The molecule has 2 unspecified atom stereocenters. The van der Waals surface area contributed by atoms with Crippen LogP contribution in [0.3, 0.4) is 0 Å². The van der Waals surface area contributed by atoms with E-state index >= 15 is 0 Å². The molecule has 90 valence electrons. The molecular weight excluding hydrogens is 235 g/mol. The SMILES string of the molecule is CC1CCCC1n1c(=S)[nH]c2ccc(F)cc21. The van der Waals surface area contributed by atoms with Gasteiger partial charge in [-0.1, -0.05) is 13.3 Å². The summed E-state index contributed by atoms with van der Waals surface area (Å²) in [6.45, 7) is 2.25. The Morgan fingerprint density at radius 2 is 2.24 bits per heavy atom. The van der Waals surface area contributed by atoms with E-state index in [1.807, 2.05) is 0 Å². The third kappa shape index (κ3) is 1.71. The van der Waals surface area contributed by atoms with Crippen molar-refractivity contribution in [1.82, 2.24) is 9.55 Å². The van der Waals surface area contributed by atoms with Crippen LogP contribution in [0.5, 0.6) is 0 Å². The Kier molecular flexibility index (Phi) is 2.54. The zero-order valence-corrected chi connectivity index (χ0v) is 10.6. The molecule has 1 saturated carbocycles. The number of rotatable bonds is 1. The summed E-state index contributed by atoms with van der Waals surface area (Å²) in [4.78, 5) is 3.16. The number of nitrogens with one attached hydrogen (secondary N) is 1. The van der Waals surface area contributed by atoms with Crippen LogP contribution in [0.15, 0.2) is 18.2 Å². The number of aromatic amines is 1. The van der Waals surface area contributed by atoms with E-state index in [-0.39, 0.29) is 5.82 Å². The summed E-state index contributed by atoms with van der Waals surface area (Å²) in [5.41, 5.74) is 1.82. The number of hydrogen-bond acceptors (Lipinski definition) is 1. The highest BCUT2D eigenvalue weighted by molar-refractivity contribution is 7.71. The lowest BCUT2D eigenvalue weighted by atomic mass is 10.1. The van der Waals surface area contributed by atoms with Gasteiger partial charge in [0.25, 0.3) is 0 Å². The molecule has 1 aromatic heterocycles. The molecule has 2 nitrogen and oxygen atoms in total. The van der Waals surface area contributed by atoms with Crippen LogP contribution in [0.4, 0.5) is 4.39 Å². The maximum absolute atomic E-state index is 13.3. The first-order chi connectivity index (χ1) is 8.16. The van der Waals surface area contributed by atoms with Gasteiger partial charge in [-0.2, -0.15) is 0 Å². The zero-order chi connectivity index (χ0) is 12.0. The molecule has 0 saturated heterocycles. The summed E-state index contributed by atoms with van der Waals surface area (Å²) in [7, 11) is 0. The predicted molar refractivity (Wildman–Crippen MR) is 69.1 cm³/mol. The van der Waals surface area contributed by atoms with E-state index in [4.69, 9.17) is 12.2 Å². The number of halogens is 1. The Morgan fingerprint density at radius 1 is 1.41 bits per heavy atom. The van der Waals surface area contributed by atoms with Gasteiger partial charge in [-0.05, 0) is 49.2 Å². The largest absolute Gasteiger partial charge is 0.331 e. The van der Waals surface area contributed by atoms with Crippen LogP contribution in [0.25, 0.3) is 11.0 Å². The third-order valence-corrected chi connectivity index (χ3v) is 4.13. The molecule has 2 atom stereocenters. The van der Waals surface area contributed by atoms with E-state index in [0.29, 0.717) is 16.7 Å². The van der Waals surface area contributed by atoms with Gasteiger partial charge in [0.15, 0.2) is 4.77 Å². The van der Waals surface area contributed by atoms with Gasteiger partial charge in [-0.3, -0.25) is 0 Å². The number of hydrogen-bond donors (Lipinski definition) is 1. The first-order valence-electron chi connectivity index (χ1n) is 6.06. The van der Waals surface area contributed by atoms with Crippen LogP contribution >= 0.6 is 12.2 Å². The van der Waals surface area contributed by atoms with Gasteiger partial charge in [0.05, 0.1) is 11.0 Å². The van der Waals surface area contributed by atoms with Gasteiger partial charge < -0.3 is 9.55 Å². The first-order valence-corrected chi connectivity index (χ1v) is 6.47. The van der Waals surface area contributed by atoms with Crippen molar-refractivity contribution in [3.63, 3.8) is 0 Å². The molecule has 0 aliphatic heterocycles. The van der Waals surface area contributed by atoms with Crippen molar-refractivity contribution >= 4 is 23.3 Å². The van der Waals surface area contributed by atoms with Crippen molar-refractivity contribution in [2.24, 2.45) is 5.92 Å². The van der Waals surface area contributed by atoms with Crippen molar-refractivity contribution in [3.8, 4) is 0 Å². The fourth-order valence-electron chi connectivity index (χ4n) is 2.93. The summed E-state index contributed by atoms with van der Waals surface area (Å²) < 4.78 is 16.2. The van der Waals surface area contributed by atoms with Crippen LogP contribution in [-0.2, 0) is 0 Å². The van der Waals surface area contributed by atoms with Crippen molar-refractivity contribution in [1.29, 1.82) is 0 Å². The summed E-state index contributed by atoms with van der Waals surface area (Å²) in [6.07, 6.45) is 3.60. The lowest BCUT2D eigenvalue weighted by molar-refractivity contribution is 0.412. The monoisotopic (exact) mass is 250 g/mol. The van der Waals surface area contributed by atoms with E-state index in [2.05, 4.69) is 16.5 Å². The molecule has 1 heterocycles. The topological polar surface area (TPSA) is 20.7 Å². The van der Waals surface area contributed by atoms with E-state index in [9.17, 15) is 4.39 Å². The van der Waals surface area contributed by atoms with E-state index in [1.54, 1.807) is 12.1 Å². The molecule has 1 fully saturated rings. The van der Waals surface area contributed by atoms with E-state index in [1.165, 1.54) is 18.9 Å². The van der Waals surface area contributed by atoms with Crippen LogP contribution < -0.4 is 0 Å². The quantitative estimate of drug-likeness (QED) is 0.752. The van der Waals surface area contributed by atoms with Gasteiger partial charge >= 0.3 is 0 Å². The van der Waals surface area contributed by atoms with Gasteiger partial charge in [0.2, 0.25) is 0 Å². The maximum Gasteiger partial charge on any atom is 0.178 e. The minimum Gasteiger partial charge on any atom is -0.331 e. The fraction of sp³-hybridized carbons (Fsp3) is 0.462. The second-order valence-corrected chi connectivity index (χ2v) is 5.32. The second kappa shape index (κ2) is 3.95. The lowest BCUT2D eigenvalue weighted by Gasteiger charge is -2.18. The first kappa shape index (κ1) is 11.0. The van der Waals surface area contributed by atoms with Crippen molar-refractivity contribution in [3.05, 3.63) is 28.8 Å².